The molecule has 2 aromatic rings. The Labute approximate surface area is 139 Å². The number of allylic oxidation sites excluding steroid dienone is 1. The lowest BCUT2D eigenvalue weighted by Gasteiger charge is -2.35. The molecule has 0 bridgehead atoms. The summed E-state index contributed by atoms with van der Waals surface area (Å²) in [5.41, 5.74) is 1.45. The van der Waals surface area contributed by atoms with Crippen molar-refractivity contribution in [3.63, 3.8) is 0 Å². The van der Waals surface area contributed by atoms with Gasteiger partial charge in [-0.1, -0.05) is 0 Å². The molecule has 0 radical (unpaired) electrons. The van der Waals surface area contributed by atoms with Crippen molar-refractivity contribution in [3.05, 3.63) is 41.8 Å². The first kappa shape index (κ1) is 14.9. The third-order valence-electron chi connectivity index (χ3n) is 4.63. The van der Waals surface area contributed by atoms with Crippen molar-refractivity contribution in [1.29, 1.82) is 0 Å². The van der Waals surface area contributed by atoms with Crippen LogP contribution in [0.3, 0.4) is 0 Å². The number of nitrogens with one attached hydrogen (secondary N) is 1. The van der Waals surface area contributed by atoms with Crippen LogP contribution in [0.4, 0.5) is 5.95 Å². The van der Waals surface area contributed by atoms with Crippen LogP contribution in [-0.2, 0) is 4.79 Å². The number of piperazine rings is 1. The van der Waals surface area contributed by atoms with Crippen molar-refractivity contribution >= 4 is 11.9 Å². The molecule has 2 aliphatic heterocycles. The molecule has 1 N–H and O–H groups in total. The summed E-state index contributed by atoms with van der Waals surface area (Å²) in [5.74, 6) is 1.32. The molecule has 24 heavy (non-hydrogen) atoms. The Hall–Kier alpha value is -2.61. The Balaban J connectivity index is 1.73. The molecule has 0 unspecified atom stereocenters. The number of aromatic nitrogens is 3. The number of carbonyl (C=O) groups is 1. The third kappa shape index (κ3) is 2.39. The van der Waals surface area contributed by atoms with Gasteiger partial charge in [-0.05, 0) is 26.1 Å². The number of nitrogens with zero attached hydrogens (tertiary/aromatic N) is 5. The van der Waals surface area contributed by atoms with E-state index in [4.69, 9.17) is 4.42 Å². The molecule has 2 aliphatic rings. The summed E-state index contributed by atoms with van der Waals surface area (Å²) < 4.78 is 7.31. The number of amides is 1. The molecule has 0 aromatic carbocycles. The number of hydrogen-bond donors (Lipinski definition) is 1. The summed E-state index contributed by atoms with van der Waals surface area (Å²) >= 11 is 0. The van der Waals surface area contributed by atoms with Crippen molar-refractivity contribution < 1.29 is 9.21 Å². The van der Waals surface area contributed by atoms with Gasteiger partial charge in [-0.15, -0.1) is 0 Å². The monoisotopic (exact) mass is 328 g/mol. The Morgan fingerprint density at radius 2 is 2.12 bits per heavy atom. The fourth-order valence-electron chi connectivity index (χ4n) is 3.26. The molecule has 126 valence electrons. The Kier molecular flexibility index (Phi) is 3.61. The zero-order valence-corrected chi connectivity index (χ0v) is 13.8. The second-order valence-electron chi connectivity index (χ2n) is 6.21. The van der Waals surface area contributed by atoms with E-state index in [1.54, 1.807) is 10.9 Å². The van der Waals surface area contributed by atoms with Crippen LogP contribution in [0.2, 0.25) is 0 Å². The Bertz CT molecular complexity index is 770. The van der Waals surface area contributed by atoms with Crippen molar-refractivity contribution in [2.45, 2.75) is 13.0 Å². The fraction of sp³-hybridized carbons (Fsp3) is 0.438. The largest absolute Gasteiger partial charge is 0.467 e. The standard InChI is InChI=1S/C16H20N6O2/c1-11-13(15(23)21-7-5-20(2)6-8-21)14(12-4-3-9-24-12)22-16(19-11)17-10-18-22/h3-4,9-10,14H,5-8H2,1-2H3,(H,17,18,19)/t14-/m0/s1. The molecule has 0 spiro atoms. The van der Waals surface area contributed by atoms with Gasteiger partial charge >= 0.3 is 0 Å². The number of anilines is 1. The van der Waals surface area contributed by atoms with Crippen LogP contribution in [0.5, 0.6) is 0 Å². The minimum atomic E-state index is -0.397. The molecule has 1 fully saturated rings. The van der Waals surface area contributed by atoms with E-state index in [0.29, 0.717) is 17.3 Å². The van der Waals surface area contributed by atoms with E-state index in [1.165, 1.54) is 6.33 Å². The van der Waals surface area contributed by atoms with Crippen molar-refractivity contribution in [2.24, 2.45) is 0 Å². The maximum atomic E-state index is 13.2. The highest BCUT2D eigenvalue weighted by molar-refractivity contribution is 5.96. The lowest BCUT2D eigenvalue weighted by atomic mass is 9.99. The zero-order chi connectivity index (χ0) is 16.7. The van der Waals surface area contributed by atoms with E-state index >= 15 is 0 Å². The van der Waals surface area contributed by atoms with Crippen LogP contribution in [0.1, 0.15) is 18.7 Å². The molecule has 4 rings (SSSR count). The highest BCUT2D eigenvalue weighted by Gasteiger charge is 2.37. The molecule has 0 aliphatic carbocycles. The van der Waals surface area contributed by atoms with E-state index in [0.717, 1.165) is 31.9 Å². The summed E-state index contributed by atoms with van der Waals surface area (Å²) in [6.07, 6.45) is 3.09. The quantitative estimate of drug-likeness (QED) is 0.884. The van der Waals surface area contributed by atoms with Crippen molar-refractivity contribution in [3.8, 4) is 0 Å². The van der Waals surface area contributed by atoms with Crippen molar-refractivity contribution in [1.82, 2.24) is 24.6 Å². The first-order valence-corrected chi connectivity index (χ1v) is 8.03. The molecular weight excluding hydrogens is 308 g/mol. The molecule has 8 nitrogen and oxygen atoms in total. The second kappa shape index (κ2) is 5.79. The third-order valence-corrected chi connectivity index (χ3v) is 4.63. The van der Waals surface area contributed by atoms with E-state index in [-0.39, 0.29) is 5.91 Å². The highest BCUT2D eigenvalue weighted by atomic mass is 16.3. The maximum Gasteiger partial charge on any atom is 0.254 e. The Morgan fingerprint density at radius 3 is 2.83 bits per heavy atom. The topological polar surface area (TPSA) is 79.4 Å². The average molecular weight is 328 g/mol. The molecule has 4 heterocycles. The predicted octanol–water partition coefficient (Wildman–Crippen LogP) is 0.934. The van der Waals surface area contributed by atoms with Gasteiger partial charge < -0.3 is 19.5 Å². The van der Waals surface area contributed by atoms with E-state index in [1.807, 2.05) is 24.0 Å². The minimum Gasteiger partial charge on any atom is -0.467 e. The van der Waals surface area contributed by atoms with Gasteiger partial charge in [0.2, 0.25) is 5.95 Å². The van der Waals surface area contributed by atoms with E-state index < -0.39 is 6.04 Å². The van der Waals surface area contributed by atoms with Crippen LogP contribution in [0.25, 0.3) is 0 Å². The molecule has 1 saturated heterocycles. The molecular formula is C16H20N6O2. The van der Waals surface area contributed by atoms with Crippen LogP contribution in [0, 0.1) is 0 Å². The molecule has 2 aromatic heterocycles. The lowest BCUT2D eigenvalue weighted by Crippen LogP contribution is -2.49. The summed E-state index contributed by atoms with van der Waals surface area (Å²) in [5, 5.41) is 7.47. The van der Waals surface area contributed by atoms with E-state index in [2.05, 4.69) is 27.3 Å². The van der Waals surface area contributed by atoms with Crippen LogP contribution in [0.15, 0.2) is 40.4 Å². The SMILES string of the molecule is CC1=C(C(=O)N2CCN(C)CC2)[C@H](c2ccco2)n2ncnc2N1. The van der Waals surface area contributed by atoms with Gasteiger partial charge in [0, 0.05) is 31.9 Å². The Morgan fingerprint density at radius 1 is 1.33 bits per heavy atom. The summed E-state index contributed by atoms with van der Waals surface area (Å²) in [6.45, 7) is 5.11. The number of furan rings is 1. The normalized spacial score (nSPS) is 21.6. The van der Waals surface area contributed by atoms with Crippen LogP contribution < -0.4 is 5.32 Å². The van der Waals surface area contributed by atoms with Gasteiger partial charge in [-0.25, -0.2) is 4.68 Å². The fourth-order valence-corrected chi connectivity index (χ4v) is 3.26. The predicted molar refractivity (Wildman–Crippen MR) is 87.3 cm³/mol. The smallest absolute Gasteiger partial charge is 0.254 e. The summed E-state index contributed by atoms with van der Waals surface area (Å²) in [7, 11) is 2.07. The highest BCUT2D eigenvalue weighted by Crippen LogP contribution is 2.35. The lowest BCUT2D eigenvalue weighted by molar-refractivity contribution is -0.129. The van der Waals surface area contributed by atoms with Crippen LogP contribution >= 0.6 is 0 Å². The molecule has 8 heteroatoms. The average Bonchev–Trinajstić information content (AvgIpc) is 3.25. The minimum absolute atomic E-state index is 0.0238. The van der Waals surface area contributed by atoms with Gasteiger partial charge in [-0.2, -0.15) is 10.1 Å². The molecule has 1 atom stereocenters. The molecule has 0 saturated carbocycles. The van der Waals surface area contributed by atoms with Crippen molar-refractivity contribution in [2.75, 3.05) is 38.5 Å². The van der Waals surface area contributed by atoms with Gasteiger partial charge in [0.1, 0.15) is 18.1 Å². The summed E-state index contributed by atoms with van der Waals surface area (Å²) in [4.78, 5) is 21.6. The zero-order valence-electron chi connectivity index (χ0n) is 13.8. The second-order valence-corrected chi connectivity index (χ2v) is 6.21. The number of likely N-dealkylation sites (N-methyl/N-ethyl adjacent to an activating group) is 1. The number of rotatable bonds is 2. The van der Waals surface area contributed by atoms with E-state index in [9.17, 15) is 4.79 Å². The number of hydrogen-bond acceptors (Lipinski definition) is 6. The first-order chi connectivity index (χ1) is 11.6. The van der Waals surface area contributed by atoms with Gasteiger partial charge in [0.15, 0.2) is 0 Å². The molecule has 1 amide bonds. The first-order valence-electron chi connectivity index (χ1n) is 8.03. The number of fused-ring (bicyclic) bond motifs is 1. The summed E-state index contributed by atoms with van der Waals surface area (Å²) in [6, 6.07) is 3.29. The van der Waals surface area contributed by atoms with Gasteiger partial charge in [0.05, 0.1) is 11.8 Å². The van der Waals surface area contributed by atoms with Crippen LogP contribution in [-0.4, -0.2) is 63.7 Å². The van der Waals surface area contributed by atoms with Gasteiger partial charge in [0.25, 0.3) is 5.91 Å². The van der Waals surface area contributed by atoms with Gasteiger partial charge in [-0.3, -0.25) is 4.79 Å². The maximum absolute atomic E-state index is 13.2. The number of carbonyl (C=O) groups excluding carboxylic acids is 1.